The summed E-state index contributed by atoms with van der Waals surface area (Å²) in [4.78, 5) is 28.6. The molecule has 1 N–H and O–H groups in total. The van der Waals surface area contributed by atoms with Crippen LogP contribution in [-0.4, -0.2) is 44.3 Å². The Labute approximate surface area is 232 Å². The molecule has 0 heterocycles. The first kappa shape index (κ1) is 29.9. The van der Waals surface area contributed by atoms with Crippen LogP contribution >= 0.6 is 0 Å². The number of carbonyl (C=O) groups is 2. The number of hydrogen-bond acceptors (Lipinski definition) is 4. The largest absolute Gasteiger partial charge is 0.354 e. The summed E-state index contributed by atoms with van der Waals surface area (Å²) in [6.45, 7) is 11.5. The van der Waals surface area contributed by atoms with E-state index in [0.29, 0.717) is 12.2 Å². The topological polar surface area (TPSA) is 86.8 Å². The van der Waals surface area contributed by atoms with Gasteiger partial charge < -0.3 is 10.2 Å². The zero-order valence-corrected chi connectivity index (χ0v) is 24.5. The molecule has 0 aliphatic heterocycles. The molecule has 0 unspecified atom stereocenters. The van der Waals surface area contributed by atoms with Gasteiger partial charge in [0.15, 0.2) is 0 Å². The number of carbonyl (C=O) groups excluding carboxylic acids is 2. The van der Waals surface area contributed by atoms with E-state index in [-0.39, 0.29) is 23.3 Å². The van der Waals surface area contributed by atoms with Gasteiger partial charge in [0.2, 0.25) is 11.8 Å². The minimum atomic E-state index is -4.08. The third kappa shape index (κ3) is 7.69. The van der Waals surface area contributed by atoms with Gasteiger partial charge in [0.1, 0.15) is 12.6 Å². The second-order valence-electron chi connectivity index (χ2n) is 10.4. The molecule has 0 spiro atoms. The van der Waals surface area contributed by atoms with Crippen LogP contribution in [0.25, 0.3) is 0 Å². The molecule has 2 amide bonds. The van der Waals surface area contributed by atoms with E-state index in [1.807, 2.05) is 71.0 Å². The summed E-state index contributed by atoms with van der Waals surface area (Å²) < 4.78 is 29.0. The van der Waals surface area contributed by atoms with Crippen LogP contribution < -0.4 is 9.62 Å². The van der Waals surface area contributed by atoms with Crippen LogP contribution in [0.15, 0.2) is 77.7 Å². The minimum Gasteiger partial charge on any atom is -0.354 e. The Bertz CT molecular complexity index is 1390. The van der Waals surface area contributed by atoms with Crippen molar-refractivity contribution in [2.24, 2.45) is 5.92 Å². The zero-order chi connectivity index (χ0) is 28.7. The molecular formula is C31H39N3O4S. The Kier molecular flexibility index (Phi) is 9.92. The van der Waals surface area contributed by atoms with Gasteiger partial charge in [0.05, 0.1) is 10.6 Å². The number of rotatable bonds is 11. The fraction of sp³-hybridized carbons (Fsp3) is 0.355. The molecule has 0 aliphatic rings. The lowest BCUT2D eigenvalue weighted by molar-refractivity contribution is -0.139. The SMILES string of the molecule is Cc1ccc(CN(C(=O)CN(c2cc(C)ccc2C)S(=O)(=O)c2ccccc2)[C@@H](C)C(=O)NCC(C)C)cc1. The summed E-state index contributed by atoms with van der Waals surface area (Å²) in [6, 6.07) is 20.5. The zero-order valence-electron chi connectivity index (χ0n) is 23.6. The Morgan fingerprint density at radius 1 is 0.846 bits per heavy atom. The Balaban J connectivity index is 2.03. The first-order valence-corrected chi connectivity index (χ1v) is 14.6. The fourth-order valence-corrected chi connectivity index (χ4v) is 5.64. The molecule has 0 aliphatic carbocycles. The summed E-state index contributed by atoms with van der Waals surface area (Å²) in [7, 11) is -4.08. The number of nitrogens with one attached hydrogen (secondary N) is 1. The quantitative estimate of drug-likeness (QED) is 0.365. The predicted molar refractivity (Wildman–Crippen MR) is 156 cm³/mol. The van der Waals surface area contributed by atoms with Gasteiger partial charge in [-0.3, -0.25) is 13.9 Å². The van der Waals surface area contributed by atoms with Gasteiger partial charge >= 0.3 is 0 Å². The highest BCUT2D eigenvalue weighted by molar-refractivity contribution is 7.92. The maximum Gasteiger partial charge on any atom is 0.264 e. The molecule has 3 rings (SSSR count). The number of nitrogens with zero attached hydrogens (tertiary/aromatic N) is 2. The van der Waals surface area contributed by atoms with E-state index in [2.05, 4.69) is 5.32 Å². The number of anilines is 1. The smallest absolute Gasteiger partial charge is 0.264 e. The van der Waals surface area contributed by atoms with Crippen molar-refractivity contribution in [2.75, 3.05) is 17.4 Å². The highest BCUT2D eigenvalue weighted by Crippen LogP contribution is 2.28. The van der Waals surface area contributed by atoms with Crippen LogP contribution in [0.2, 0.25) is 0 Å². The molecule has 3 aromatic carbocycles. The van der Waals surface area contributed by atoms with E-state index in [0.717, 1.165) is 26.6 Å². The third-order valence-electron chi connectivity index (χ3n) is 6.57. The average molecular weight is 550 g/mol. The van der Waals surface area contributed by atoms with E-state index in [9.17, 15) is 18.0 Å². The van der Waals surface area contributed by atoms with Crippen molar-refractivity contribution in [1.29, 1.82) is 0 Å². The molecule has 7 nitrogen and oxygen atoms in total. The Morgan fingerprint density at radius 2 is 1.46 bits per heavy atom. The van der Waals surface area contributed by atoms with Gasteiger partial charge in [0, 0.05) is 13.1 Å². The first-order chi connectivity index (χ1) is 18.4. The molecule has 0 fully saturated rings. The van der Waals surface area contributed by atoms with Crippen LogP contribution in [0.3, 0.4) is 0 Å². The number of amides is 2. The lowest BCUT2D eigenvalue weighted by atomic mass is 10.1. The molecular weight excluding hydrogens is 510 g/mol. The molecule has 1 atom stereocenters. The van der Waals surface area contributed by atoms with Crippen LogP contribution in [0, 0.1) is 26.7 Å². The fourth-order valence-electron chi connectivity index (χ4n) is 4.15. The molecule has 0 aromatic heterocycles. The molecule has 39 heavy (non-hydrogen) atoms. The van der Waals surface area contributed by atoms with Gasteiger partial charge in [-0.2, -0.15) is 0 Å². The third-order valence-corrected chi connectivity index (χ3v) is 8.34. The Morgan fingerprint density at radius 3 is 2.08 bits per heavy atom. The van der Waals surface area contributed by atoms with E-state index in [1.165, 1.54) is 17.0 Å². The number of benzene rings is 3. The lowest BCUT2D eigenvalue weighted by Crippen LogP contribution is -2.51. The average Bonchev–Trinajstić information content (AvgIpc) is 2.91. The summed E-state index contributed by atoms with van der Waals surface area (Å²) in [5, 5.41) is 2.91. The maximum atomic E-state index is 14.0. The van der Waals surface area contributed by atoms with Crippen LogP contribution in [0.5, 0.6) is 0 Å². The van der Waals surface area contributed by atoms with Crippen molar-refractivity contribution in [3.05, 3.63) is 95.1 Å². The van der Waals surface area contributed by atoms with Gasteiger partial charge in [0.25, 0.3) is 10.0 Å². The number of aryl methyl sites for hydroxylation is 3. The molecule has 208 valence electrons. The standard InChI is InChI=1S/C31H39N3O4S/c1-22(2)19-32-31(36)26(6)33(20-27-16-13-23(3)14-17-27)30(35)21-34(29-18-24(4)12-15-25(29)5)39(37,38)28-10-8-7-9-11-28/h7-18,22,26H,19-21H2,1-6H3,(H,32,36)/t26-/m0/s1. The van der Waals surface area contributed by atoms with Crippen LogP contribution in [0.1, 0.15) is 43.0 Å². The lowest BCUT2D eigenvalue weighted by Gasteiger charge is -2.32. The molecule has 3 aromatic rings. The van der Waals surface area contributed by atoms with Crippen molar-refractivity contribution < 1.29 is 18.0 Å². The molecule has 8 heteroatoms. The molecule has 0 saturated heterocycles. The first-order valence-electron chi connectivity index (χ1n) is 13.2. The predicted octanol–water partition coefficient (Wildman–Crippen LogP) is 5.00. The van der Waals surface area contributed by atoms with Gasteiger partial charge in [-0.15, -0.1) is 0 Å². The Hall–Kier alpha value is -3.65. The van der Waals surface area contributed by atoms with Crippen molar-refractivity contribution in [1.82, 2.24) is 10.2 Å². The van der Waals surface area contributed by atoms with E-state index >= 15 is 0 Å². The summed E-state index contributed by atoms with van der Waals surface area (Å²) in [5.74, 6) is -0.505. The van der Waals surface area contributed by atoms with Gasteiger partial charge in [-0.25, -0.2) is 8.42 Å². The van der Waals surface area contributed by atoms with E-state index in [1.54, 1.807) is 31.2 Å². The van der Waals surface area contributed by atoms with E-state index in [4.69, 9.17) is 0 Å². The van der Waals surface area contributed by atoms with Gasteiger partial charge in [-0.05, 0) is 68.5 Å². The van der Waals surface area contributed by atoms with Crippen LogP contribution in [-0.2, 0) is 26.2 Å². The maximum absolute atomic E-state index is 14.0. The van der Waals surface area contributed by atoms with Crippen LogP contribution in [0.4, 0.5) is 5.69 Å². The highest BCUT2D eigenvalue weighted by atomic mass is 32.2. The number of sulfonamides is 1. The minimum absolute atomic E-state index is 0.0894. The monoisotopic (exact) mass is 549 g/mol. The summed E-state index contributed by atoms with van der Waals surface area (Å²) in [5.41, 5.74) is 3.95. The number of hydrogen-bond donors (Lipinski definition) is 1. The summed E-state index contributed by atoms with van der Waals surface area (Å²) in [6.07, 6.45) is 0. The molecule has 0 bridgehead atoms. The van der Waals surface area contributed by atoms with Crippen molar-refractivity contribution >= 4 is 27.5 Å². The second-order valence-corrected chi connectivity index (χ2v) is 12.3. The van der Waals surface area contributed by atoms with Crippen molar-refractivity contribution in [3.8, 4) is 0 Å². The van der Waals surface area contributed by atoms with Gasteiger partial charge in [-0.1, -0.05) is 74.0 Å². The molecule has 0 saturated carbocycles. The van der Waals surface area contributed by atoms with E-state index < -0.39 is 28.5 Å². The van der Waals surface area contributed by atoms with Crippen molar-refractivity contribution in [2.45, 2.75) is 59.0 Å². The second kappa shape index (κ2) is 12.9. The van der Waals surface area contributed by atoms with Crippen molar-refractivity contribution in [3.63, 3.8) is 0 Å². The normalized spacial score (nSPS) is 12.2. The summed E-state index contributed by atoms with van der Waals surface area (Å²) >= 11 is 0. The highest BCUT2D eigenvalue weighted by Gasteiger charge is 2.33. The molecule has 0 radical (unpaired) electrons.